The Morgan fingerprint density at radius 2 is 2.16 bits per heavy atom. The van der Waals surface area contributed by atoms with Crippen molar-refractivity contribution in [2.75, 3.05) is 5.32 Å². The van der Waals surface area contributed by atoms with Crippen LogP contribution in [-0.4, -0.2) is 9.97 Å². The topological polar surface area (TPSA) is 57.8 Å². The summed E-state index contributed by atoms with van der Waals surface area (Å²) >= 11 is 6.06. The van der Waals surface area contributed by atoms with Crippen LogP contribution in [0, 0.1) is 6.92 Å². The molecule has 0 aliphatic carbocycles. The van der Waals surface area contributed by atoms with Crippen molar-refractivity contribution in [3.8, 4) is 0 Å². The molecule has 0 amide bonds. The SMILES string of the molecule is CCCc1cc(=O)[nH]c(Nc2ccc(C)c(Cl)c2)n1. The molecule has 0 aliphatic heterocycles. The molecule has 2 aromatic rings. The summed E-state index contributed by atoms with van der Waals surface area (Å²) in [7, 11) is 0. The van der Waals surface area contributed by atoms with E-state index < -0.39 is 0 Å². The Morgan fingerprint density at radius 1 is 1.37 bits per heavy atom. The third-order valence-electron chi connectivity index (χ3n) is 2.74. The molecule has 0 aliphatic rings. The van der Waals surface area contributed by atoms with E-state index in [0.29, 0.717) is 11.0 Å². The number of nitrogens with one attached hydrogen (secondary N) is 2. The van der Waals surface area contributed by atoms with Crippen LogP contribution in [0.2, 0.25) is 5.02 Å². The highest BCUT2D eigenvalue weighted by atomic mass is 35.5. The van der Waals surface area contributed by atoms with Gasteiger partial charge in [0, 0.05) is 22.5 Å². The number of hydrogen-bond donors (Lipinski definition) is 2. The number of benzene rings is 1. The van der Waals surface area contributed by atoms with E-state index in [1.165, 1.54) is 6.07 Å². The molecule has 2 rings (SSSR count). The Bertz CT molecular complexity index is 637. The van der Waals surface area contributed by atoms with Crippen molar-refractivity contribution in [2.24, 2.45) is 0 Å². The molecular formula is C14H16ClN3O. The third-order valence-corrected chi connectivity index (χ3v) is 3.14. The van der Waals surface area contributed by atoms with Gasteiger partial charge in [-0.25, -0.2) is 4.98 Å². The highest BCUT2D eigenvalue weighted by Gasteiger charge is 2.03. The van der Waals surface area contributed by atoms with Gasteiger partial charge in [0.2, 0.25) is 5.95 Å². The summed E-state index contributed by atoms with van der Waals surface area (Å²) in [6.45, 7) is 3.99. The van der Waals surface area contributed by atoms with Crippen molar-refractivity contribution in [2.45, 2.75) is 26.7 Å². The zero-order chi connectivity index (χ0) is 13.8. The van der Waals surface area contributed by atoms with Gasteiger partial charge < -0.3 is 5.32 Å². The van der Waals surface area contributed by atoms with Crippen molar-refractivity contribution in [3.63, 3.8) is 0 Å². The van der Waals surface area contributed by atoms with Crippen molar-refractivity contribution in [1.82, 2.24) is 9.97 Å². The summed E-state index contributed by atoms with van der Waals surface area (Å²) in [5.74, 6) is 0.441. The average Bonchev–Trinajstić information content (AvgIpc) is 2.33. The molecule has 19 heavy (non-hydrogen) atoms. The van der Waals surface area contributed by atoms with Crippen LogP contribution < -0.4 is 10.9 Å². The summed E-state index contributed by atoms with van der Waals surface area (Å²) in [5, 5.41) is 3.74. The van der Waals surface area contributed by atoms with Crippen molar-refractivity contribution < 1.29 is 0 Å². The lowest BCUT2D eigenvalue weighted by Crippen LogP contribution is -2.12. The van der Waals surface area contributed by atoms with Gasteiger partial charge in [-0.1, -0.05) is 31.0 Å². The molecule has 0 atom stereocenters. The van der Waals surface area contributed by atoms with Crippen molar-refractivity contribution >= 4 is 23.2 Å². The molecule has 0 spiro atoms. The molecule has 0 radical (unpaired) electrons. The molecule has 2 N–H and O–H groups in total. The second-order valence-electron chi connectivity index (χ2n) is 4.42. The van der Waals surface area contributed by atoms with Gasteiger partial charge in [0.25, 0.3) is 5.56 Å². The quantitative estimate of drug-likeness (QED) is 0.900. The van der Waals surface area contributed by atoms with Crippen LogP contribution >= 0.6 is 11.6 Å². The van der Waals surface area contributed by atoms with Crippen LogP contribution in [-0.2, 0) is 6.42 Å². The molecule has 0 saturated carbocycles. The van der Waals surface area contributed by atoms with Gasteiger partial charge in [-0.3, -0.25) is 9.78 Å². The van der Waals surface area contributed by atoms with Gasteiger partial charge >= 0.3 is 0 Å². The first kappa shape index (κ1) is 13.6. The highest BCUT2D eigenvalue weighted by molar-refractivity contribution is 6.31. The molecule has 1 aromatic heterocycles. The summed E-state index contributed by atoms with van der Waals surface area (Å²) in [6.07, 6.45) is 1.74. The Kier molecular flexibility index (Phi) is 4.22. The maximum absolute atomic E-state index is 11.5. The highest BCUT2D eigenvalue weighted by Crippen LogP contribution is 2.21. The Labute approximate surface area is 116 Å². The van der Waals surface area contributed by atoms with E-state index in [2.05, 4.69) is 22.2 Å². The Morgan fingerprint density at radius 3 is 2.84 bits per heavy atom. The number of H-pyrrole nitrogens is 1. The van der Waals surface area contributed by atoms with E-state index in [9.17, 15) is 4.79 Å². The zero-order valence-electron chi connectivity index (χ0n) is 11.0. The Hall–Kier alpha value is -1.81. The lowest BCUT2D eigenvalue weighted by atomic mass is 10.2. The monoisotopic (exact) mass is 277 g/mol. The number of hydrogen-bond acceptors (Lipinski definition) is 3. The van der Waals surface area contributed by atoms with E-state index in [-0.39, 0.29) is 5.56 Å². The molecule has 100 valence electrons. The van der Waals surface area contributed by atoms with E-state index in [0.717, 1.165) is 29.8 Å². The first-order valence-electron chi connectivity index (χ1n) is 6.22. The van der Waals surface area contributed by atoms with Gasteiger partial charge in [0.1, 0.15) is 0 Å². The molecule has 0 saturated heterocycles. The van der Waals surface area contributed by atoms with Crippen LogP contribution in [0.3, 0.4) is 0 Å². The van der Waals surface area contributed by atoms with E-state index in [4.69, 9.17) is 11.6 Å². The van der Waals surface area contributed by atoms with Crippen LogP contribution in [0.1, 0.15) is 24.6 Å². The fourth-order valence-electron chi connectivity index (χ4n) is 1.76. The van der Waals surface area contributed by atoms with Gasteiger partial charge in [0.05, 0.1) is 0 Å². The molecule has 4 nitrogen and oxygen atoms in total. The lowest BCUT2D eigenvalue weighted by Gasteiger charge is -2.08. The molecule has 0 bridgehead atoms. The van der Waals surface area contributed by atoms with Crippen LogP contribution in [0.5, 0.6) is 0 Å². The van der Waals surface area contributed by atoms with Crippen LogP contribution in [0.25, 0.3) is 0 Å². The number of aryl methyl sites for hydroxylation is 2. The predicted octanol–water partition coefficient (Wildman–Crippen LogP) is 3.43. The molecule has 0 unspecified atom stereocenters. The van der Waals surface area contributed by atoms with Crippen LogP contribution in [0.15, 0.2) is 29.1 Å². The maximum atomic E-state index is 11.5. The minimum atomic E-state index is -0.154. The predicted molar refractivity (Wildman–Crippen MR) is 78.3 cm³/mol. The van der Waals surface area contributed by atoms with Gasteiger partial charge in [0.15, 0.2) is 0 Å². The summed E-state index contributed by atoms with van der Waals surface area (Å²) in [6, 6.07) is 7.15. The fraction of sp³-hybridized carbons (Fsp3) is 0.286. The number of anilines is 2. The Balaban J connectivity index is 2.27. The van der Waals surface area contributed by atoms with Gasteiger partial charge in [-0.2, -0.15) is 0 Å². The zero-order valence-corrected chi connectivity index (χ0v) is 11.7. The third kappa shape index (κ3) is 3.58. The molecule has 1 aromatic carbocycles. The molecule has 5 heteroatoms. The summed E-state index contributed by atoms with van der Waals surface area (Å²) < 4.78 is 0. The number of aromatic amines is 1. The number of aromatic nitrogens is 2. The first-order valence-corrected chi connectivity index (χ1v) is 6.59. The normalized spacial score (nSPS) is 10.5. The largest absolute Gasteiger partial charge is 0.326 e. The van der Waals surface area contributed by atoms with E-state index >= 15 is 0 Å². The number of nitrogens with zero attached hydrogens (tertiary/aromatic N) is 1. The molecule has 1 heterocycles. The van der Waals surface area contributed by atoms with Gasteiger partial charge in [-0.05, 0) is 31.0 Å². The summed E-state index contributed by atoms with van der Waals surface area (Å²) in [4.78, 5) is 18.6. The minimum absolute atomic E-state index is 0.154. The van der Waals surface area contributed by atoms with Crippen molar-refractivity contribution in [1.29, 1.82) is 0 Å². The average molecular weight is 278 g/mol. The maximum Gasteiger partial charge on any atom is 0.252 e. The lowest BCUT2D eigenvalue weighted by molar-refractivity contribution is 0.870. The van der Waals surface area contributed by atoms with Crippen LogP contribution in [0.4, 0.5) is 11.6 Å². The fourth-order valence-corrected chi connectivity index (χ4v) is 1.94. The van der Waals surface area contributed by atoms with Gasteiger partial charge in [-0.15, -0.1) is 0 Å². The van der Waals surface area contributed by atoms with E-state index in [1.54, 1.807) is 0 Å². The molecule has 0 fully saturated rings. The second-order valence-corrected chi connectivity index (χ2v) is 4.83. The van der Waals surface area contributed by atoms with E-state index in [1.807, 2.05) is 25.1 Å². The summed E-state index contributed by atoms with van der Waals surface area (Å²) in [5.41, 5.74) is 2.44. The standard InChI is InChI=1S/C14H16ClN3O/c1-3-4-10-8-13(19)18-14(16-10)17-11-6-5-9(2)12(15)7-11/h5-8H,3-4H2,1-2H3,(H2,16,17,18,19). The smallest absolute Gasteiger partial charge is 0.252 e. The number of rotatable bonds is 4. The van der Waals surface area contributed by atoms with Crippen molar-refractivity contribution in [3.05, 3.63) is 50.9 Å². The molecular weight excluding hydrogens is 262 g/mol. The first-order chi connectivity index (χ1) is 9.08. The minimum Gasteiger partial charge on any atom is -0.326 e. The second kappa shape index (κ2) is 5.89. The number of halogens is 1.